The highest BCUT2D eigenvalue weighted by Gasteiger charge is 2.40. The highest BCUT2D eigenvalue weighted by molar-refractivity contribution is 6.02. The van der Waals surface area contributed by atoms with Crippen molar-refractivity contribution < 1.29 is 22.7 Å². The van der Waals surface area contributed by atoms with Gasteiger partial charge in [0.25, 0.3) is 0 Å². The summed E-state index contributed by atoms with van der Waals surface area (Å²) in [4.78, 5) is 27.2. The minimum absolute atomic E-state index is 0.0732. The van der Waals surface area contributed by atoms with Gasteiger partial charge < -0.3 is 25.6 Å². The van der Waals surface area contributed by atoms with Gasteiger partial charge in [-0.25, -0.2) is 4.99 Å². The number of alkyl halides is 3. The largest absolute Gasteiger partial charge is 0.497 e. The number of carbonyl (C=O) groups excluding carboxylic acids is 1. The van der Waals surface area contributed by atoms with Crippen LogP contribution in [0.3, 0.4) is 0 Å². The van der Waals surface area contributed by atoms with Gasteiger partial charge in [0, 0.05) is 61.4 Å². The minimum atomic E-state index is -4.38. The molecule has 5 rings (SSSR count). The molecular weight excluding hydrogens is 545 g/mol. The first-order valence-electron chi connectivity index (χ1n) is 15.3. The molecule has 5 aliphatic rings. The van der Waals surface area contributed by atoms with Gasteiger partial charge >= 0.3 is 6.18 Å². The van der Waals surface area contributed by atoms with Crippen molar-refractivity contribution >= 4 is 17.6 Å². The zero-order valence-electron chi connectivity index (χ0n) is 25.2. The maximum absolute atomic E-state index is 13.5. The number of nitrogens with two attached hydrogens (primary N) is 1. The van der Waals surface area contributed by atoms with Crippen molar-refractivity contribution in [2.45, 2.75) is 77.1 Å². The third-order valence-electron chi connectivity index (χ3n) is 9.72. The Labute approximate surface area is 247 Å². The molecular formula is C31H45F3N6O2. The standard InChI is InChI=1S/C31H45F3N6O2/c1-18(22-13-23(31(32,33)34)15-24(35)14-22)36-29-26-16-25(28(42-4)17-27(26)37-19(2)38-29)20-5-7-21(8-6-20)30(41)40-11-9-39(3)10-12-40/h13,17-18,20-22,24,26H,5-12,14-16,35H2,1-4H3,(H,36,37,38). The number of carbonyl (C=O) groups is 1. The molecule has 4 unspecified atom stereocenters. The summed E-state index contributed by atoms with van der Waals surface area (Å²) in [6.45, 7) is 7.17. The van der Waals surface area contributed by atoms with E-state index in [2.05, 4.69) is 17.3 Å². The molecule has 42 heavy (non-hydrogen) atoms. The van der Waals surface area contributed by atoms with Crippen molar-refractivity contribution in [1.29, 1.82) is 0 Å². The first-order valence-corrected chi connectivity index (χ1v) is 15.3. The second-order valence-corrected chi connectivity index (χ2v) is 12.7. The third kappa shape index (κ3) is 6.77. The van der Waals surface area contributed by atoms with Gasteiger partial charge in [0.15, 0.2) is 0 Å². The second kappa shape index (κ2) is 12.5. The number of aliphatic imine (C=N–C) groups is 2. The van der Waals surface area contributed by atoms with E-state index in [9.17, 15) is 18.0 Å². The first-order chi connectivity index (χ1) is 19.9. The number of piperazine rings is 1. The minimum Gasteiger partial charge on any atom is -0.497 e. The Morgan fingerprint density at radius 1 is 1.17 bits per heavy atom. The number of halogens is 3. The molecule has 1 amide bonds. The molecule has 2 fully saturated rings. The van der Waals surface area contributed by atoms with E-state index in [1.807, 2.05) is 24.8 Å². The normalized spacial score (nSPS) is 32.9. The Morgan fingerprint density at radius 3 is 2.50 bits per heavy atom. The van der Waals surface area contributed by atoms with Gasteiger partial charge in [0.2, 0.25) is 5.91 Å². The topological polar surface area (TPSA) is 95.5 Å². The lowest BCUT2D eigenvalue weighted by Crippen LogP contribution is -2.49. The fourth-order valence-electron chi connectivity index (χ4n) is 7.22. The molecule has 0 spiro atoms. The van der Waals surface area contributed by atoms with E-state index < -0.39 is 29.8 Å². The zero-order chi connectivity index (χ0) is 30.2. The van der Waals surface area contributed by atoms with E-state index in [1.165, 1.54) is 11.6 Å². The summed E-state index contributed by atoms with van der Waals surface area (Å²) >= 11 is 0. The van der Waals surface area contributed by atoms with Crippen molar-refractivity contribution in [1.82, 2.24) is 15.1 Å². The van der Waals surface area contributed by atoms with Crippen LogP contribution in [0.15, 0.2) is 44.7 Å². The number of nitrogens with zero attached hydrogens (tertiary/aromatic N) is 4. The summed E-state index contributed by atoms with van der Waals surface area (Å²) in [5, 5.41) is 3.37. The maximum Gasteiger partial charge on any atom is 0.412 e. The summed E-state index contributed by atoms with van der Waals surface area (Å²) in [6, 6.07) is -0.938. The second-order valence-electron chi connectivity index (χ2n) is 12.7. The molecule has 2 aliphatic heterocycles. The van der Waals surface area contributed by atoms with Crippen LogP contribution in [0.4, 0.5) is 13.2 Å². The summed E-state index contributed by atoms with van der Waals surface area (Å²) < 4.78 is 46.4. The van der Waals surface area contributed by atoms with Crippen molar-refractivity contribution in [3.05, 3.63) is 34.8 Å². The van der Waals surface area contributed by atoms with Gasteiger partial charge in [-0.3, -0.25) is 9.79 Å². The number of fused-ring (bicyclic) bond motifs is 1. The number of ether oxygens (including phenoxy) is 1. The van der Waals surface area contributed by atoms with E-state index in [1.54, 1.807) is 7.11 Å². The van der Waals surface area contributed by atoms with Crippen molar-refractivity contribution in [3.8, 4) is 0 Å². The molecule has 232 valence electrons. The van der Waals surface area contributed by atoms with Crippen LogP contribution >= 0.6 is 0 Å². The van der Waals surface area contributed by atoms with Gasteiger partial charge in [-0.05, 0) is 77.3 Å². The molecule has 2 heterocycles. The van der Waals surface area contributed by atoms with Gasteiger partial charge in [0.1, 0.15) is 17.4 Å². The molecule has 1 saturated heterocycles. The lowest BCUT2D eigenvalue weighted by atomic mass is 9.73. The Hall–Kier alpha value is -2.66. The van der Waals surface area contributed by atoms with Gasteiger partial charge in [-0.15, -0.1) is 0 Å². The first kappa shape index (κ1) is 30.8. The fourth-order valence-corrected chi connectivity index (χ4v) is 7.22. The third-order valence-corrected chi connectivity index (χ3v) is 9.72. The molecule has 0 bridgehead atoms. The smallest absolute Gasteiger partial charge is 0.412 e. The van der Waals surface area contributed by atoms with Crippen LogP contribution in [0.2, 0.25) is 0 Å². The lowest BCUT2D eigenvalue weighted by molar-refractivity contribution is -0.138. The number of methoxy groups -OCH3 is 1. The molecule has 4 atom stereocenters. The highest BCUT2D eigenvalue weighted by Crippen LogP contribution is 2.43. The summed E-state index contributed by atoms with van der Waals surface area (Å²) in [5.41, 5.74) is 7.64. The highest BCUT2D eigenvalue weighted by atomic mass is 19.4. The van der Waals surface area contributed by atoms with Crippen LogP contribution in [0.1, 0.15) is 58.8 Å². The number of amidine groups is 2. The molecule has 0 aromatic heterocycles. The van der Waals surface area contributed by atoms with Crippen LogP contribution in [-0.2, 0) is 9.53 Å². The Kier molecular flexibility index (Phi) is 9.18. The van der Waals surface area contributed by atoms with Crippen LogP contribution in [0.5, 0.6) is 0 Å². The average molecular weight is 591 g/mol. The quantitative estimate of drug-likeness (QED) is 0.463. The predicted octanol–water partition coefficient (Wildman–Crippen LogP) is 4.41. The van der Waals surface area contributed by atoms with Crippen LogP contribution < -0.4 is 11.1 Å². The fraction of sp³-hybridized carbons (Fsp3) is 0.710. The number of amides is 1. The van der Waals surface area contributed by atoms with Crippen molar-refractivity contribution in [2.24, 2.45) is 39.4 Å². The molecule has 3 aliphatic carbocycles. The maximum atomic E-state index is 13.5. The molecule has 0 radical (unpaired) electrons. The number of likely N-dealkylation sites (N-methyl/N-ethyl adjacent to an activating group) is 1. The number of allylic oxidation sites excluding steroid dienone is 2. The van der Waals surface area contributed by atoms with Gasteiger partial charge in [-0.1, -0.05) is 6.08 Å². The SMILES string of the molecule is COC1=C(C2CCC(C(=O)N3CCN(C)CC3)CC2)CC2C(=C1)NC(C)=NC2=NC(C)C1C=C(C(F)(F)F)CC(N)C1. The van der Waals surface area contributed by atoms with Crippen molar-refractivity contribution in [3.63, 3.8) is 0 Å². The average Bonchev–Trinajstić information content (AvgIpc) is 2.95. The monoisotopic (exact) mass is 590 g/mol. The van der Waals surface area contributed by atoms with E-state index in [4.69, 9.17) is 20.5 Å². The zero-order valence-corrected chi connectivity index (χ0v) is 25.2. The van der Waals surface area contributed by atoms with Crippen LogP contribution in [0, 0.1) is 23.7 Å². The Balaban J connectivity index is 1.31. The molecule has 11 heteroatoms. The van der Waals surface area contributed by atoms with Gasteiger partial charge in [-0.2, -0.15) is 13.2 Å². The number of rotatable bonds is 5. The molecule has 0 aromatic rings. The molecule has 0 aromatic carbocycles. The van der Waals surface area contributed by atoms with Crippen molar-refractivity contribution in [2.75, 3.05) is 40.3 Å². The summed E-state index contributed by atoms with van der Waals surface area (Å²) in [5.74, 6) is 2.31. The lowest BCUT2D eigenvalue weighted by Gasteiger charge is -2.38. The summed E-state index contributed by atoms with van der Waals surface area (Å²) in [6.07, 6.45) is 3.53. The van der Waals surface area contributed by atoms with E-state index in [-0.39, 0.29) is 18.3 Å². The Morgan fingerprint density at radius 2 is 1.86 bits per heavy atom. The Bertz CT molecular complexity index is 1190. The van der Waals surface area contributed by atoms with E-state index >= 15 is 0 Å². The predicted molar refractivity (Wildman–Crippen MR) is 158 cm³/mol. The van der Waals surface area contributed by atoms with Crippen LogP contribution in [0.25, 0.3) is 0 Å². The van der Waals surface area contributed by atoms with Crippen LogP contribution in [-0.4, -0.2) is 86.0 Å². The number of hydrogen-bond acceptors (Lipinski definition) is 6. The molecule has 3 N–H and O–H groups in total. The number of nitrogens with one attached hydrogen (secondary N) is 1. The molecule has 1 saturated carbocycles. The van der Waals surface area contributed by atoms with E-state index in [0.717, 1.165) is 63.3 Å². The summed E-state index contributed by atoms with van der Waals surface area (Å²) in [7, 11) is 3.78. The molecule has 8 nitrogen and oxygen atoms in total. The van der Waals surface area contributed by atoms with Gasteiger partial charge in [0.05, 0.1) is 19.1 Å². The van der Waals surface area contributed by atoms with E-state index in [0.29, 0.717) is 36.3 Å². The number of hydrogen-bond donors (Lipinski definition) is 2.